The maximum absolute atomic E-state index is 13.0. The molecule has 1 saturated heterocycles. The van der Waals surface area contributed by atoms with Crippen LogP contribution in [0.15, 0.2) is 54.6 Å². The van der Waals surface area contributed by atoms with Crippen molar-refractivity contribution in [1.29, 1.82) is 0 Å². The second-order valence-electron chi connectivity index (χ2n) is 6.17. The number of likely N-dealkylation sites (N-methyl/N-ethyl adjacent to an activating group) is 1. The molecular formula is C19H22FN3S. The molecule has 1 heterocycles. The molecule has 3 nitrogen and oxygen atoms in total. The molecule has 1 N–H and O–H groups in total. The Balaban J connectivity index is 1.68. The van der Waals surface area contributed by atoms with Gasteiger partial charge in [0.25, 0.3) is 0 Å². The first kappa shape index (κ1) is 16.9. The molecule has 1 aliphatic heterocycles. The Labute approximate surface area is 148 Å². The highest BCUT2D eigenvalue weighted by Crippen LogP contribution is 2.24. The summed E-state index contributed by atoms with van der Waals surface area (Å²) in [6.07, 6.45) is 0. The first-order valence-electron chi connectivity index (χ1n) is 8.16. The molecule has 3 rings (SSSR count). The van der Waals surface area contributed by atoms with E-state index in [4.69, 9.17) is 12.2 Å². The zero-order valence-corrected chi connectivity index (χ0v) is 14.6. The van der Waals surface area contributed by atoms with E-state index in [1.54, 1.807) is 12.1 Å². The molecule has 0 aliphatic carbocycles. The van der Waals surface area contributed by atoms with E-state index in [1.807, 2.05) is 6.07 Å². The van der Waals surface area contributed by atoms with Gasteiger partial charge >= 0.3 is 0 Å². The topological polar surface area (TPSA) is 18.5 Å². The fraction of sp³-hybridized carbons (Fsp3) is 0.316. The maximum Gasteiger partial charge on any atom is 0.169 e. The van der Waals surface area contributed by atoms with Crippen LogP contribution in [0.2, 0.25) is 0 Å². The second-order valence-corrected chi connectivity index (χ2v) is 6.55. The summed E-state index contributed by atoms with van der Waals surface area (Å²) in [5.41, 5.74) is 2.29. The van der Waals surface area contributed by atoms with Crippen LogP contribution in [0, 0.1) is 5.82 Å². The molecule has 2 aromatic carbocycles. The van der Waals surface area contributed by atoms with E-state index in [0.717, 1.165) is 30.3 Å². The zero-order valence-electron chi connectivity index (χ0n) is 13.8. The van der Waals surface area contributed by atoms with Gasteiger partial charge < -0.3 is 15.1 Å². The van der Waals surface area contributed by atoms with Crippen molar-refractivity contribution in [1.82, 2.24) is 15.1 Å². The molecule has 5 heteroatoms. The monoisotopic (exact) mass is 343 g/mol. The van der Waals surface area contributed by atoms with Crippen LogP contribution in [0.3, 0.4) is 0 Å². The van der Waals surface area contributed by atoms with Gasteiger partial charge in [0.15, 0.2) is 5.11 Å². The first-order valence-corrected chi connectivity index (χ1v) is 8.57. The fourth-order valence-corrected chi connectivity index (χ4v) is 3.30. The predicted molar refractivity (Wildman–Crippen MR) is 99.2 cm³/mol. The van der Waals surface area contributed by atoms with Crippen LogP contribution in [0.4, 0.5) is 4.39 Å². The summed E-state index contributed by atoms with van der Waals surface area (Å²) in [5.74, 6) is -0.218. The van der Waals surface area contributed by atoms with Gasteiger partial charge in [-0.05, 0) is 42.5 Å². The number of hydrogen-bond donors (Lipinski definition) is 1. The van der Waals surface area contributed by atoms with Crippen LogP contribution in [0.1, 0.15) is 17.2 Å². The quantitative estimate of drug-likeness (QED) is 0.863. The number of benzene rings is 2. The molecule has 0 unspecified atom stereocenters. The van der Waals surface area contributed by atoms with Crippen molar-refractivity contribution >= 4 is 17.3 Å². The van der Waals surface area contributed by atoms with Crippen molar-refractivity contribution in [3.63, 3.8) is 0 Å². The Kier molecular flexibility index (Phi) is 5.43. The third kappa shape index (κ3) is 4.10. The van der Waals surface area contributed by atoms with Gasteiger partial charge in [-0.2, -0.15) is 0 Å². The lowest BCUT2D eigenvalue weighted by Gasteiger charge is -2.41. The lowest BCUT2D eigenvalue weighted by molar-refractivity contribution is 0.150. The minimum Gasteiger partial charge on any atom is -0.358 e. The number of thiocarbonyl (C=S) groups is 1. The van der Waals surface area contributed by atoms with Crippen LogP contribution in [0.5, 0.6) is 0 Å². The van der Waals surface area contributed by atoms with E-state index in [-0.39, 0.29) is 11.9 Å². The number of nitrogens with zero attached hydrogens (tertiary/aromatic N) is 2. The molecule has 0 spiro atoms. The Morgan fingerprint density at radius 1 is 1.12 bits per heavy atom. The Morgan fingerprint density at radius 2 is 1.83 bits per heavy atom. The molecule has 24 heavy (non-hydrogen) atoms. The standard InChI is InChI=1S/C19H22FN3S/c1-22-11-12-23(18(14-22)16-5-3-2-4-6-16)19(24)21-13-15-7-9-17(20)10-8-15/h2-10,18H,11-14H2,1H3,(H,21,24)/t18-/m1/s1. The lowest BCUT2D eigenvalue weighted by atomic mass is 10.0. The van der Waals surface area contributed by atoms with Crippen molar-refractivity contribution in [3.05, 3.63) is 71.5 Å². The lowest BCUT2D eigenvalue weighted by Crippen LogP contribution is -2.52. The maximum atomic E-state index is 13.0. The van der Waals surface area contributed by atoms with Crippen molar-refractivity contribution in [2.24, 2.45) is 0 Å². The summed E-state index contributed by atoms with van der Waals surface area (Å²) in [6.45, 7) is 3.43. The molecule has 0 amide bonds. The molecule has 2 aromatic rings. The summed E-state index contributed by atoms with van der Waals surface area (Å²) in [6, 6.07) is 17.2. The van der Waals surface area contributed by atoms with Crippen molar-refractivity contribution in [2.45, 2.75) is 12.6 Å². The van der Waals surface area contributed by atoms with E-state index in [2.05, 4.69) is 46.4 Å². The summed E-state index contributed by atoms with van der Waals surface area (Å²) in [4.78, 5) is 4.59. The predicted octanol–water partition coefficient (Wildman–Crippen LogP) is 3.19. The van der Waals surface area contributed by atoms with E-state index in [1.165, 1.54) is 17.7 Å². The van der Waals surface area contributed by atoms with Gasteiger partial charge in [0.2, 0.25) is 0 Å². The van der Waals surface area contributed by atoms with E-state index < -0.39 is 0 Å². The normalized spacial score (nSPS) is 18.4. The largest absolute Gasteiger partial charge is 0.358 e. The molecule has 126 valence electrons. The average Bonchev–Trinajstić information content (AvgIpc) is 2.61. The summed E-state index contributed by atoms with van der Waals surface area (Å²) < 4.78 is 13.0. The van der Waals surface area contributed by atoms with Gasteiger partial charge in [-0.15, -0.1) is 0 Å². The number of halogens is 1. The van der Waals surface area contributed by atoms with Gasteiger partial charge in [-0.3, -0.25) is 0 Å². The summed E-state index contributed by atoms with van der Waals surface area (Å²) in [7, 11) is 2.14. The van der Waals surface area contributed by atoms with Gasteiger partial charge in [-0.25, -0.2) is 4.39 Å². The summed E-state index contributed by atoms with van der Waals surface area (Å²) in [5, 5.41) is 4.07. The molecule has 0 radical (unpaired) electrons. The molecule has 1 atom stereocenters. The van der Waals surface area contributed by atoms with Crippen LogP contribution in [0.25, 0.3) is 0 Å². The van der Waals surface area contributed by atoms with E-state index in [9.17, 15) is 4.39 Å². The third-order valence-electron chi connectivity index (χ3n) is 4.39. The van der Waals surface area contributed by atoms with Gasteiger partial charge in [0, 0.05) is 26.2 Å². The average molecular weight is 343 g/mol. The SMILES string of the molecule is CN1CCN(C(=S)NCc2ccc(F)cc2)[C@@H](c2ccccc2)C1. The molecule has 0 bridgehead atoms. The van der Waals surface area contributed by atoms with Crippen LogP contribution >= 0.6 is 12.2 Å². The van der Waals surface area contributed by atoms with Crippen LogP contribution in [-0.4, -0.2) is 41.6 Å². The zero-order chi connectivity index (χ0) is 16.9. The van der Waals surface area contributed by atoms with Crippen molar-refractivity contribution in [2.75, 3.05) is 26.7 Å². The summed E-state index contributed by atoms with van der Waals surface area (Å²) >= 11 is 5.64. The first-order chi connectivity index (χ1) is 11.6. The second kappa shape index (κ2) is 7.73. The van der Waals surface area contributed by atoms with Gasteiger partial charge in [0.1, 0.15) is 5.82 Å². The van der Waals surface area contributed by atoms with Crippen molar-refractivity contribution < 1.29 is 4.39 Å². The number of piperazine rings is 1. The van der Waals surface area contributed by atoms with Crippen LogP contribution in [-0.2, 0) is 6.54 Å². The van der Waals surface area contributed by atoms with Crippen LogP contribution < -0.4 is 5.32 Å². The molecule has 1 fully saturated rings. The number of nitrogens with one attached hydrogen (secondary N) is 1. The van der Waals surface area contributed by atoms with E-state index in [0.29, 0.717) is 6.54 Å². The smallest absolute Gasteiger partial charge is 0.169 e. The highest BCUT2D eigenvalue weighted by Gasteiger charge is 2.28. The third-order valence-corrected chi connectivity index (χ3v) is 4.76. The molecule has 0 saturated carbocycles. The number of rotatable bonds is 3. The minimum absolute atomic E-state index is 0.218. The van der Waals surface area contributed by atoms with Gasteiger partial charge in [0.05, 0.1) is 6.04 Å². The Bertz CT molecular complexity index is 675. The Hall–Kier alpha value is -1.98. The molecule has 1 aliphatic rings. The van der Waals surface area contributed by atoms with E-state index >= 15 is 0 Å². The highest BCUT2D eigenvalue weighted by atomic mass is 32.1. The highest BCUT2D eigenvalue weighted by molar-refractivity contribution is 7.80. The molecular weight excluding hydrogens is 321 g/mol. The van der Waals surface area contributed by atoms with Gasteiger partial charge in [-0.1, -0.05) is 42.5 Å². The minimum atomic E-state index is -0.218. The van der Waals surface area contributed by atoms with Crippen molar-refractivity contribution in [3.8, 4) is 0 Å². The number of hydrogen-bond acceptors (Lipinski definition) is 2. The fourth-order valence-electron chi connectivity index (χ4n) is 3.00. The Morgan fingerprint density at radius 3 is 2.54 bits per heavy atom. The molecule has 0 aromatic heterocycles.